The summed E-state index contributed by atoms with van der Waals surface area (Å²) in [5.41, 5.74) is 2.39. The van der Waals surface area contributed by atoms with Crippen molar-refractivity contribution in [2.45, 2.75) is 95.2 Å². The minimum absolute atomic E-state index is 0.107. The van der Waals surface area contributed by atoms with Crippen LogP contribution in [0.15, 0.2) is 66.9 Å². The van der Waals surface area contributed by atoms with E-state index in [1.807, 2.05) is 74.5 Å². The third-order valence-electron chi connectivity index (χ3n) is 9.30. The monoisotopic (exact) mass is 615 g/mol. The van der Waals surface area contributed by atoms with Gasteiger partial charge in [0.1, 0.15) is 17.8 Å². The zero-order chi connectivity index (χ0) is 31.9. The van der Waals surface area contributed by atoms with Gasteiger partial charge in [-0.25, -0.2) is 0 Å². The number of nitrogens with zero attached hydrogens (tertiary/aromatic N) is 4. The number of likely N-dealkylation sites (N-methyl/N-ethyl adjacent to an activating group) is 1. The largest absolute Gasteiger partial charge is 0.387 e. The molecule has 6 atom stereocenters. The molecule has 3 heterocycles. The van der Waals surface area contributed by atoms with Gasteiger partial charge in [0.15, 0.2) is 0 Å². The Bertz CT molecular complexity index is 1390. The zero-order valence-corrected chi connectivity index (χ0v) is 26.3. The number of amides is 3. The first-order chi connectivity index (χ1) is 21.8. The fourth-order valence-electron chi connectivity index (χ4n) is 6.74. The van der Waals surface area contributed by atoms with Gasteiger partial charge in [0.25, 0.3) is 0 Å². The third kappa shape index (κ3) is 7.26. The van der Waals surface area contributed by atoms with Crippen LogP contribution >= 0.6 is 0 Å². The Balaban J connectivity index is 1.41. The molecule has 0 bridgehead atoms. The Kier molecular flexibility index (Phi) is 10.6. The quantitative estimate of drug-likeness (QED) is 0.246. The lowest BCUT2D eigenvalue weighted by Gasteiger charge is -2.33. The molecule has 2 aliphatic heterocycles. The van der Waals surface area contributed by atoms with E-state index in [9.17, 15) is 19.5 Å². The molecule has 0 saturated carbocycles. The summed E-state index contributed by atoms with van der Waals surface area (Å²) in [5, 5.41) is 27.9. The summed E-state index contributed by atoms with van der Waals surface area (Å²) < 4.78 is 1.64. The fraction of sp³-hybridized carbons (Fsp3) is 0.500. The van der Waals surface area contributed by atoms with Crippen molar-refractivity contribution in [2.24, 2.45) is 5.92 Å². The predicted molar refractivity (Wildman–Crippen MR) is 170 cm³/mol. The van der Waals surface area contributed by atoms with Gasteiger partial charge >= 0.3 is 0 Å². The molecule has 2 saturated heterocycles. The van der Waals surface area contributed by atoms with Crippen LogP contribution in [0, 0.1) is 5.92 Å². The number of hydrogen-bond acceptors (Lipinski definition) is 7. The molecule has 5 rings (SSSR count). The average Bonchev–Trinajstić information content (AvgIpc) is 3.70. The van der Waals surface area contributed by atoms with Crippen molar-refractivity contribution in [3.63, 3.8) is 0 Å². The van der Waals surface area contributed by atoms with E-state index in [1.165, 1.54) is 0 Å². The predicted octanol–water partition coefficient (Wildman–Crippen LogP) is 2.88. The second kappa shape index (κ2) is 14.8. The van der Waals surface area contributed by atoms with E-state index in [0.717, 1.165) is 11.1 Å². The SMILES string of the molecule is CCC(O)c1cn(C[C@H]2CC[C@H]3CC[C@@H](C(=O)NC(c4ccccc4)c4ccccc4)N3C(=O)[C@H]2NC(=O)[C@H](CC)NC)nn1. The number of benzene rings is 2. The topological polar surface area (TPSA) is 141 Å². The van der Waals surface area contributed by atoms with Crippen molar-refractivity contribution in [1.82, 2.24) is 35.8 Å². The highest BCUT2D eigenvalue weighted by Crippen LogP contribution is 2.35. The number of rotatable bonds is 12. The number of aliphatic hydroxyl groups excluding tert-OH is 1. The van der Waals surface area contributed by atoms with Crippen LogP contribution in [0.5, 0.6) is 0 Å². The van der Waals surface area contributed by atoms with Crippen LogP contribution in [0.2, 0.25) is 0 Å². The highest BCUT2D eigenvalue weighted by molar-refractivity contribution is 5.94. The summed E-state index contributed by atoms with van der Waals surface area (Å²) in [6.07, 6.45) is 4.69. The number of nitrogens with one attached hydrogen (secondary N) is 3. The van der Waals surface area contributed by atoms with E-state index in [1.54, 1.807) is 22.8 Å². The number of aliphatic hydroxyl groups is 1. The van der Waals surface area contributed by atoms with Crippen LogP contribution in [0.1, 0.15) is 81.3 Å². The maximum Gasteiger partial charge on any atom is 0.246 e. The lowest BCUT2D eigenvalue weighted by molar-refractivity contribution is -0.144. The Hall–Kier alpha value is -4.09. The maximum atomic E-state index is 14.5. The van der Waals surface area contributed by atoms with Gasteiger partial charge in [0.05, 0.1) is 24.4 Å². The molecule has 11 nitrogen and oxygen atoms in total. The molecule has 0 aliphatic carbocycles. The number of hydrogen-bond donors (Lipinski definition) is 4. The van der Waals surface area contributed by atoms with E-state index in [0.29, 0.717) is 50.8 Å². The molecule has 1 unspecified atom stereocenters. The molecule has 0 radical (unpaired) electrons. The summed E-state index contributed by atoms with van der Waals surface area (Å²) >= 11 is 0. The van der Waals surface area contributed by atoms with Crippen LogP contribution in [-0.2, 0) is 20.9 Å². The number of carbonyl (C=O) groups is 3. The standard InChI is InChI=1S/C34H45N7O4/c1-4-26(35-3)32(43)37-31-24(20-40-21-27(38-39-40)29(42)5-2)16-17-25-18-19-28(41(25)34(31)45)33(44)36-30(22-12-8-6-9-13-22)23-14-10-7-11-15-23/h6-15,21,24-26,28-31,35,42H,4-5,16-20H2,1-3H3,(H,36,44)(H,37,43)/t24-,25+,26+,28+,29?,31+/m1/s1. The zero-order valence-electron chi connectivity index (χ0n) is 26.3. The second-order valence-corrected chi connectivity index (χ2v) is 12.1. The van der Waals surface area contributed by atoms with Gasteiger partial charge in [-0.1, -0.05) is 79.7 Å². The van der Waals surface area contributed by atoms with E-state index < -0.39 is 24.2 Å². The molecular weight excluding hydrogens is 570 g/mol. The van der Waals surface area contributed by atoms with Crippen molar-refractivity contribution >= 4 is 17.7 Å². The highest BCUT2D eigenvalue weighted by atomic mass is 16.3. The normalized spacial score (nSPS) is 22.9. The lowest BCUT2D eigenvalue weighted by Crippen LogP contribution is -2.58. The van der Waals surface area contributed by atoms with Crippen LogP contribution < -0.4 is 16.0 Å². The van der Waals surface area contributed by atoms with Gasteiger partial charge in [-0.05, 0) is 56.7 Å². The Morgan fingerprint density at radius 3 is 2.20 bits per heavy atom. The maximum absolute atomic E-state index is 14.5. The van der Waals surface area contributed by atoms with Crippen LogP contribution in [0.3, 0.4) is 0 Å². The molecule has 2 aromatic carbocycles. The molecule has 0 spiro atoms. The van der Waals surface area contributed by atoms with E-state index in [2.05, 4.69) is 26.3 Å². The van der Waals surface area contributed by atoms with Crippen molar-refractivity contribution in [3.05, 3.63) is 83.7 Å². The first-order valence-corrected chi connectivity index (χ1v) is 16.1. The molecule has 3 amide bonds. The van der Waals surface area contributed by atoms with E-state index >= 15 is 0 Å². The van der Waals surface area contributed by atoms with Crippen molar-refractivity contribution in [2.75, 3.05) is 7.05 Å². The van der Waals surface area contributed by atoms with Crippen molar-refractivity contribution in [3.8, 4) is 0 Å². The first-order valence-electron chi connectivity index (χ1n) is 16.1. The molecule has 3 aromatic rings. The van der Waals surface area contributed by atoms with Gasteiger partial charge < -0.3 is 26.0 Å². The summed E-state index contributed by atoms with van der Waals surface area (Å²) in [4.78, 5) is 43.6. The Morgan fingerprint density at radius 2 is 1.60 bits per heavy atom. The summed E-state index contributed by atoms with van der Waals surface area (Å²) in [7, 11) is 1.73. The number of carbonyl (C=O) groups excluding carboxylic acids is 3. The number of aromatic nitrogens is 3. The van der Waals surface area contributed by atoms with E-state index in [4.69, 9.17) is 0 Å². The molecule has 45 heavy (non-hydrogen) atoms. The second-order valence-electron chi connectivity index (χ2n) is 12.1. The molecule has 1 aromatic heterocycles. The molecule has 240 valence electrons. The molecular formula is C34H45N7O4. The Labute approximate surface area is 264 Å². The highest BCUT2D eigenvalue weighted by Gasteiger charge is 2.48. The number of fused-ring (bicyclic) bond motifs is 1. The van der Waals surface area contributed by atoms with Crippen LogP contribution in [0.4, 0.5) is 0 Å². The lowest BCUT2D eigenvalue weighted by atomic mass is 9.92. The summed E-state index contributed by atoms with van der Waals surface area (Å²) in [6, 6.07) is 17.2. The summed E-state index contributed by atoms with van der Waals surface area (Å²) in [6.45, 7) is 4.13. The minimum atomic E-state index is -0.846. The first kappa shape index (κ1) is 32.3. The molecule has 2 fully saturated rings. The Morgan fingerprint density at radius 1 is 0.956 bits per heavy atom. The molecule has 2 aliphatic rings. The minimum Gasteiger partial charge on any atom is -0.387 e. The smallest absolute Gasteiger partial charge is 0.246 e. The fourth-order valence-corrected chi connectivity index (χ4v) is 6.74. The van der Waals surface area contributed by atoms with Crippen molar-refractivity contribution in [1.29, 1.82) is 0 Å². The van der Waals surface area contributed by atoms with Crippen LogP contribution in [-0.4, -0.2) is 73.9 Å². The van der Waals surface area contributed by atoms with Gasteiger partial charge in [0.2, 0.25) is 17.7 Å². The molecule has 4 N–H and O–H groups in total. The van der Waals surface area contributed by atoms with Gasteiger partial charge in [-0.3, -0.25) is 19.1 Å². The van der Waals surface area contributed by atoms with E-state index in [-0.39, 0.29) is 35.7 Å². The van der Waals surface area contributed by atoms with Crippen LogP contribution in [0.25, 0.3) is 0 Å². The van der Waals surface area contributed by atoms with Crippen molar-refractivity contribution < 1.29 is 19.5 Å². The van der Waals surface area contributed by atoms with Gasteiger partial charge in [-0.2, -0.15) is 0 Å². The van der Waals surface area contributed by atoms with Gasteiger partial charge in [0, 0.05) is 18.5 Å². The van der Waals surface area contributed by atoms with Gasteiger partial charge in [-0.15, -0.1) is 5.10 Å². The molecule has 11 heteroatoms. The third-order valence-corrected chi connectivity index (χ3v) is 9.30. The average molecular weight is 616 g/mol. The summed E-state index contributed by atoms with van der Waals surface area (Å²) in [5.74, 6) is -0.983.